The summed E-state index contributed by atoms with van der Waals surface area (Å²) in [6.45, 7) is 2.01. The number of carbonyl (C=O) groups is 2. The van der Waals surface area contributed by atoms with Crippen molar-refractivity contribution < 1.29 is 14.7 Å². The van der Waals surface area contributed by atoms with E-state index in [4.69, 9.17) is 0 Å². The average molecular weight is 280 g/mol. The van der Waals surface area contributed by atoms with Crippen molar-refractivity contribution in [2.45, 2.75) is 38.6 Å². The first-order valence-corrected chi connectivity index (χ1v) is 6.80. The molecule has 0 aliphatic heterocycles. The lowest BCUT2D eigenvalue weighted by molar-refractivity contribution is -0.148. The largest absolute Gasteiger partial charge is 0.481 e. The van der Waals surface area contributed by atoms with E-state index in [1.807, 2.05) is 6.92 Å². The van der Waals surface area contributed by atoms with Crippen molar-refractivity contribution in [2.75, 3.05) is 6.54 Å². The lowest BCUT2D eigenvalue weighted by atomic mass is 9.86. The van der Waals surface area contributed by atoms with Gasteiger partial charge in [0.1, 0.15) is 0 Å². The first kappa shape index (κ1) is 14.4. The van der Waals surface area contributed by atoms with Gasteiger partial charge in [0, 0.05) is 18.3 Å². The lowest BCUT2D eigenvalue weighted by Crippen LogP contribution is -2.45. The number of nitrogens with zero attached hydrogens (tertiary/aromatic N) is 1. The molecule has 1 aliphatic rings. The Kier molecular flexibility index (Phi) is 4.26. The van der Waals surface area contributed by atoms with Crippen LogP contribution in [0.4, 0.5) is 4.79 Å². The second-order valence-corrected chi connectivity index (χ2v) is 5.37. The van der Waals surface area contributed by atoms with E-state index in [0.29, 0.717) is 12.8 Å². The van der Waals surface area contributed by atoms with E-state index in [2.05, 4.69) is 20.8 Å². The molecule has 7 nitrogen and oxygen atoms in total. The summed E-state index contributed by atoms with van der Waals surface area (Å²) in [5.41, 5.74) is 0.0740. The van der Waals surface area contributed by atoms with Gasteiger partial charge in [-0.1, -0.05) is 12.8 Å². The Balaban J connectivity index is 1.84. The number of amides is 2. The van der Waals surface area contributed by atoms with E-state index in [9.17, 15) is 14.7 Å². The van der Waals surface area contributed by atoms with Crippen molar-refractivity contribution in [3.05, 3.63) is 18.0 Å². The standard InChI is InChI=1S/C13H20N4O3/c1-9(10-6-15-16-7-10)17-12(20)14-8-13(11(18)19)4-2-3-5-13/h6-7,9H,2-5,8H2,1H3,(H,15,16)(H,18,19)(H2,14,17,20). The first-order chi connectivity index (χ1) is 9.53. The van der Waals surface area contributed by atoms with Crippen molar-refractivity contribution in [1.82, 2.24) is 20.8 Å². The number of aliphatic carboxylic acids is 1. The summed E-state index contributed by atoms with van der Waals surface area (Å²) in [4.78, 5) is 23.2. The van der Waals surface area contributed by atoms with Crippen molar-refractivity contribution in [1.29, 1.82) is 0 Å². The van der Waals surface area contributed by atoms with Gasteiger partial charge in [-0.2, -0.15) is 5.10 Å². The molecule has 0 saturated heterocycles. The topological polar surface area (TPSA) is 107 Å². The number of rotatable bonds is 5. The highest BCUT2D eigenvalue weighted by molar-refractivity contribution is 5.78. The third kappa shape index (κ3) is 3.09. The second kappa shape index (κ2) is 5.94. The van der Waals surface area contributed by atoms with Crippen LogP contribution in [0.5, 0.6) is 0 Å². The van der Waals surface area contributed by atoms with Gasteiger partial charge in [0.25, 0.3) is 0 Å². The van der Waals surface area contributed by atoms with E-state index >= 15 is 0 Å². The maximum Gasteiger partial charge on any atom is 0.315 e. The maximum atomic E-state index is 11.8. The van der Waals surface area contributed by atoms with Crippen LogP contribution < -0.4 is 10.6 Å². The summed E-state index contributed by atoms with van der Waals surface area (Å²) in [6.07, 6.45) is 6.41. The van der Waals surface area contributed by atoms with Crippen molar-refractivity contribution in [3.8, 4) is 0 Å². The molecule has 2 amide bonds. The molecule has 0 bridgehead atoms. The van der Waals surface area contributed by atoms with E-state index in [0.717, 1.165) is 18.4 Å². The van der Waals surface area contributed by atoms with Crippen LogP contribution in [-0.4, -0.2) is 33.8 Å². The summed E-state index contributed by atoms with van der Waals surface area (Å²) < 4.78 is 0. The molecule has 1 fully saturated rings. The van der Waals surface area contributed by atoms with Crippen LogP contribution in [0.1, 0.15) is 44.2 Å². The van der Waals surface area contributed by atoms with Gasteiger partial charge in [-0.25, -0.2) is 4.79 Å². The predicted molar refractivity (Wildman–Crippen MR) is 72.1 cm³/mol. The molecule has 1 aromatic rings. The highest BCUT2D eigenvalue weighted by atomic mass is 16.4. The third-order valence-electron chi connectivity index (χ3n) is 3.97. The number of nitrogens with one attached hydrogen (secondary N) is 3. The summed E-state index contributed by atoms with van der Waals surface area (Å²) in [5.74, 6) is -0.821. The summed E-state index contributed by atoms with van der Waals surface area (Å²) in [6, 6.07) is -0.538. The van der Waals surface area contributed by atoms with Crippen LogP contribution in [0.25, 0.3) is 0 Å². The number of urea groups is 1. The van der Waals surface area contributed by atoms with Crippen LogP contribution in [0.15, 0.2) is 12.4 Å². The fraction of sp³-hybridized carbons (Fsp3) is 0.615. The van der Waals surface area contributed by atoms with Gasteiger partial charge in [-0.3, -0.25) is 9.89 Å². The molecule has 1 unspecified atom stereocenters. The zero-order valence-corrected chi connectivity index (χ0v) is 11.5. The van der Waals surface area contributed by atoms with Crippen molar-refractivity contribution in [2.24, 2.45) is 5.41 Å². The van der Waals surface area contributed by atoms with Crippen LogP contribution in [-0.2, 0) is 4.79 Å². The molecular weight excluding hydrogens is 260 g/mol. The molecule has 1 saturated carbocycles. The first-order valence-electron chi connectivity index (χ1n) is 6.80. The Morgan fingerprint density at radius 1 is 1.50 bits per heavy atom. The molecule has 1 aromatic heterocycles. The molecule has 1 heterocycles. The molecule has 0 aromatic carbocycles. The van der Waals surface area contributed by atoms with Gasteiger partial charge in [-0.15, -0.1) is 0 Å². The number of carboxylic acid groups (broad SMARTS) is 1. The lowest BCUT2D eigenvalue weighted by Gasteiger charge is -2.24. The molecule has 20 heavy (non-hydrogen) atoms. The zero-order chi connectivity index (χ0) is 14.6. The fourth-order valence-corrected chi connectivity index (χ4v) is 2.60. The number of hydrogen-bond acceptors (Lipinski definition) is 3. The number of carbonyl (C=O) groups excluding carboxylic acids is 1. The minimum atomic E-state index is -0.821. The minimum absolute atomic E-state index is 0.173. The fourth-order valence-electron chi connectivity index (χ4n) is 2.60. The number of H-pyrrole nitrogens is 1. The highest BCUT2D eigenvalue weighted by Gasteiger charge is 2.41. The molecule has 1 atom stereocenters. The molecule has 4 N–H and O–H groups in total. The SMILES string of the molecule is CC(NC(=O)NCC1(C(=O)O)CCCC1)c1cn[nH]c1. The van der Waals surface area contributed by atoms with Gasteiger partial charge in [0.15, 0.2) is 0 Å². The Morgan fingerprint density at radius 2 is 2.20 bits per heavy atom. The van der Waals surface area contributed by atoms with Crippen LogP contribution in [0.3, 0.4) is 0 Å². The summed E-state index contributed by atoms with van der Waals surface area (Å²) in [5, 5.41) is 21.3. The average Bonchev–Trinajstić information content (AvgIpc) is 3.08. The highest BCUT2D eigenvalue weighted by Crippen LogP contribution is 2.37. The smallest absolute Gasteiger partial charge is 0.315 e. The maximum absolute atomic E-state index is 11.8. The normalized spacial score (nSPS) is 18.4. The number of aromatic nitrogens is 2. The number of carboxylic acids is 1. The van der Waals surface area contributed by atoms with Crippen LogP contribution in [0.2, 0.25) is 0 Å². The molecule has 2 rings (SSSR count). The number of aromatic amines is 1. The Hall–Kier alpha value is -2.05. The van der Waals surface area contributed by atoms with Gasteiger partial charge in [0.2, 0.25) is 0 Å². The molecule has 7 heteroatoms. The van der Waals surface area contributed by atoms with Gasteiger partial charge in [0.05, 0.1) is 17.7 Å². The minimum Gasteiger partial charge on any atom is -0.481 e. The van der Waals surface area contributed by atoms with Crippen LogP contribution in [0, 0.1) is 5.41 Å². The molecule has 0 radical (unpaired) electrons. The molecule has 110 valence electrons. The molecule has 0 spiro atoms. The quantitative estimate of drug-likeness (QED) is 0.654. The Labute approximate surface area is 117 Å². The Bertz CT molecular complexity index is 466. The summed E-state index contributed by atoms with van der Waals surface area (Å²) >= 11 is 0. The van der Waals surface area contributed by atoms with E-state index in [1.54, 1.807) is 12.4 Å². The van der Waals surface area contributed by atoms with Crippen molar-refractivity contribution >= 4 is 12.0 Å². The predicted octanol–water partition coefficient (Wildman–Crippen LogP) is 1.41. The van der Waals surface area contributed by atoms with E-state index in [1.165, 1.54) is 0 Å². The Morgan fingerprint density at radius 3 is 2.75 bits per heavy atom. The monoisotopic (exact) mass is 280 g/mol. The van der Waals surface area contributed by atoms with E-state index in [-0.39, 0.29) is 18.6 Å². The molecular formula is C13H20N4O3. The molecule has 1 aliphatic carbocycles. The van der Waals surface area contributed by atoms with Gasteiger partial charge in [-0.05, 0) is 19.8 Å². The number of hydrogen-bond donors (Lipinski definition) is 4. The van der Waals surface area contributed by atoms with E-state index < -0.39 is 11.4 Å². The van der Waals surface area contributed by atoms with Crippen LogP contribution >= 0.6 is 0 Å². The van der Waals surface area contributed by atoms with Gasteiger partial charge >= 0.3 is 12.0 Å². The van der Waals surface area contributed by atoms with Gasteiger partial charge < -0.3 is 15.7 Å². The van der Waals surface area contributed by atoms with Crippen molar-refractivity contribution in [3.63, 3.8) is 0 Å². The third-order valence-corrected chi connectivity index (χ3v) is 3.97. The summed E-state index contributed by atoms with van der Waals surface area (Å²) in [7, 11) is 0. The second-order valence-electron chi connectivity index (χ2n) is 5.37. The zero-order valence-electron chi connectivity index (χ0n) is 11.5.